The van der Waals surface area contributed by atoms with Crippen LogP contribution in [-0.2, 0) is 0 Å². The number of aromatic nitrogens is 5. The van der Waals surface area contributed by atoms with Gasteiger partial charge in [-0.15, -0.1) is 0 Å². The van der Waals surface area contributed by atoms with Crippen molar-refractivity contribution in [2.75, 3.05) is 23.7 Å². The third-order valence-corrected chi connectivity index (χ3v) is 4.63. The zero-order valence-electron chi connectivity index (χ0n) is 15.0. The molecule has 0 unspecified atom stereocenters. The van der Waals surface area contributed by atoms with Crippen molar-refractivity contribution < 1.29 is 0 Å². The lowest BCUT2D eigenvalue weighted by atomic mass is 10.1. The molecule has 0 aliphatic heterocycles. The van der Waals surface area contributed by atoms with Crippen molar-refractivity contribution in [3.8, 4) is 17.3 Å². The number of pyridine rings is 1. The summed E-state index contributed by atoms with van der Waals surface area (Å²) in [6.07, 6.45) is 4.76. The van der Waals surface area contributed by atoms with Crippen LogP contribution in [0.3, 0.4) is 0 Å². The van der Waals surface area contributed by atoms with E-state index < -0.39 is 0 Å². The number of nitrogens with one attached hydrogen (secondary N) is 2. The first kappa shape index (κ1) is 18.9. The molecule has 2 N–H and O–H groups in total. The fourth-order valence-corrected chi connectivity index (χ4v) is 3.22. The molecular formula is C19H14Cl2N8. The molecule has 4 rings (SSSR count). The van der Waals surface area contributed by atoms with E-state index in [0.29, 0.717) is 51.7 Å². The molecule has 144 valence electrons. The number of anilines is 2. The van der Waals surface area contributed by atoms with Crippen LogP contribution in [0.5, 0.6) is 0 Å². The van der Waals surface area contributed by atoms with Crippen LogP contribution in [0.2, 0.25) is 10.0 Å². The molecule has 0 saturated heterocycles. The van der Waals surface area contributed by atoms with Crippen molar-refractivity contribution in [2.24, 2.45) is 0 Å². The Labute approximate surface area is 176 Å². The Morgan fingerprint density at radius 3 is 2.69 bits per heavy atom. The van der Waals surface area contributed by atoms with E-state index in [1.54, 1.807) is 35.0 Å². The van der Waals surface area contributed by atoms with Crippen LogP contribution in [-0.4, -0.2) is 37.7 Å². The van der Waals surface area contributed by atoms with Crippen molar-refractivity contribution in [1.29, 1.82) is 5.26 Å². The number of nitrogens with zero attached hydrogens (tertiary/aromatic N) is 6. The average Bonchev–Trinajstić information content (AvgIpc) is 3.20. The number of fused-ring (bicyclic) bond motifs is 1. The predicted molar refractivity (Wildman–Crippen MR) is 112 cm³/mol. The van der Waals surface area contributed by atoms with Gasteiger partial charge in [-0.25, -0.2) is 19.5 Å². The fraction of sp³-hybridized carbons (Fsp3) is 0.105. The van der Waals surface area contributed by atoms with Crippen LogP contribution in [0.1, 0.15) is 5.56 Å². The van der Waals surface area contributed by atoms with Gasteiger partial charge in [-0.2, -0.15) is 10.4 Å². The smallest absolute Gasteiger partial charge is 0.198 e. The van der Waals surface area contributed by atoms with Crippen molar-refractivity contribution in [3.63, 3.8) is 0 Å². The maximum absolute atomic E-state index is 8.82. The number of halogens is 2. The average molecular weight is 425 g/mol. The molecule has 0 radical (unpaired) electrons. The Morgan fingerprint density at radius 1 is 1.07 bits per heavy atom. The van der Waals surface area contributed by atoms with Crippen molar-refractivity contribution in [1.82, 2.24) is 24.6 Å². The van der Waals surface area contributed by atoms with E-state index in [-0.39, 0.29) is 0 Å². The van der Waals surface area contributed by atoms with E-state index in [2.05, 4.69) is 30.7 Å². The lowest BCUT2D eigenvalue weighted by Crippen LogP contribution is -2.16. The van der Waals surface area contributed by atoms with Crippen LogP contribution in [0.4, 0.5) is 11.6 Å². The van der Waals surface area contributed by atoms with Crippen LogP contribution >= 0.6 is 23.2 Å². The Kier molecular flexibility index (Phi) is 5.42. The number of rotatable bonds is 6. The minimum atomic E-state index is 0.504. The van der Waals surface area contributed by atoms with Crippen molar-refractivity contribution >= 4 is 40.5 Å². The highest BCUT2D eigenvalue weighted by Crippen LogP contribution is 2.30. The summed E-state index contributed by atoms with van der Waals surface area (Å²) in [7, 11) is 0. The van der Waals surface area contributed by atoms with Crippen LogP contribution < -0.4 is 10.6 Å². The van der Waals surface area contributed by atoms with Gasteiger partial charge in [0.25, 0.3) is 0 Å². The SMILES string of the molecule is N#Cc1ccc(NCCNc2nc(-c3ccc(Cl)cc3Cl)cn3ncnc23)nc1. The van der Waals surface area contributed by atoms with Gasteiger partial charge in [0.05, 0.1) is 22.5 Å². The first-order valence-electron chi connectivity index (χ1n) is 8.64. The summed E-state index contributed by atoms with van der Waals surface area (Å²) in [5.41, 5.74) is 2.52. The number of hydrogen-bond donors (Lipinski definition) is 2. The molecule has 10 heteroatoms. The summed E-state index contributed by atoms with van der Waals surface area (Å²) in [5, 5.41) is 20.5. The van der Waals surface area contributed by atoms with Gasteiger partial charge < -0.3 is 10.6 Å². The Balaban J connectivity index is 1.50. The van der Waals surface area contributed by atoms with E-state index >= 15 is 0 Å². The summed E-state index contributed by atoms with van der Waals surface area (Å²) in [6, 6.07) is 10.8. The quantitative estimate of drug-likeness (QED) is 0.452. The summed E-state index contributed by atoms with van der Waals surface area (Å²) in [6.45, 7) is 1.15. The van der Waals surface area contributed by atoms with E-state index in [0.717, 1.165) is 5.56 Å². The summed E-state index contributed by atoms with van der Waals surface area (Å²) >= 11 is 12.3. The highest BCUT2D eigenvalue weighted by molar-refractivity contribution is 6.36. The lowest BCUT2D eigenvalue weighted by Gasteiger charge is -2.11. The molecule has 29 heavy (non-hydrogen) atoms. The summed E-state index contributed by atoms with van der Waals surface area (Å²) in [4.78, 5) is 13.1. The first-order valence-corrected chi connectivity index (χ1v) is 9.39. The molecule has 0 saturated carbocycles. The Bertz CT molecular complexity index is 1200. The van der Waals surface area contributed by atoms with Gasteiger partial charge in [0.15, 0.2) is 11.5 Å². The molecule has 0 fully saturated rings. The second-order valence-electron chi connectivity index (χ2n) is 6.02. The standard InChI is InChI=1S/C19H14Cl2N8/c20-13-2-3-14(15(21)7-13)16-10-29-19(26-11-27-29)18(28-16)24-6-5-23-17-4-1-12(8-22)9-25-17/h1-4,7,9-11H,5-6H2,(H,23,25)(H,24,28). The van der Waals surface area contributed by atoms with Crippen LogP contribution in [0, 0.1) is 11.3 Å². The second-order valence-corrected chi connectivity index (χ2v) is 6.87. The highest BCUT2D eigenvalue weighted by Gasteiger charge is 2.12. The topological polar surface area (TPSA) is 104 Å². The molecule has 4 aromatic rings. The molecular weight excluding hydrogens is 411 g/mol. The predicted octanol–water partition coefficient (Wildman–Crippen LogP) is 3.89. The summed E-state index contributed by atoms with van der Waals surface area (Å²) in [5.74, 6) is 1.27. The van der Waals surface area contributed by atoms with Crippen molar-refractivity contribution in [3.05, 3.63) is 64.7 Å². The van der Waals surface area contributed by atoms with Gasteiger partial charge in [0.2, 0.25) is 0 Å². The molecule has 3 aromatic heterocycles. The van der Waals surface area contributed by atoms with E-state index in [1.165, 1.54) is 12.5 Å². The van der Waals surface area contributed by atoms with Gasteiger partial charge in [-0.1, -0.05) is 23.2 Å². The van der Waals surface area contributed by atoms with Crippen molar-refractivity contribution in [2.45, 2.75) is 0 Å². The highest BCUT2D eigenvalue weighted by atomic mass is 35.5. The van der Waals surface area contributed by atoms with Gasteiger partial charge in [-0.3, -0.25) is 0 Å². The second kappa shape index (κ2) is 8.31. The maximum Gasteiger partial charge on any atom is 0.198 e. The fourth-order valence-electron chi connectivity index (χ4n) is 2.71. The molecule has 0 spiro atoms. The lowest BCUT2D eigenvalue weighted by molar-refractivity contribution is 0.944. The minimum absolute atomic E-state index is 0.504. The molecule has 3 heterocycles. The van der Waals surface area contributed by atoms with E-state index in [9.17, 15) is 0 Å². The monoisotopic (exact) mass is 424 g/mol. The molecule has 1 aromatic carbocycles. The van der Waals surface area contributed by atoms with E-state index in [4.69, 9.17) is 28.5 Å². The number of nitriles is 1. The van der Waals surface area contributed by atoms with E-state index in [1.807, 2.05) is 12.1 Å². The zero-order valence-corrected chi connectivity index (χ0v) is 16.5. The van der Waals surface area contributed by atoms with Gasteiger partial charge >= 0.3 is 0 Å². The molecule has 0 aliphatic carbocycles. The molecule has 0 amide bonds. The third-order valence-electron chi connectivity index (χ3n) is 4.08. The van der Waals surface area contributed by atoms with Crippen LogP contribution in [0.15, 0.2) is 49.1 Å². The van der Waals surface area contributed by atoms with Gasteiger partial charge in [0, 0.05) is 29.9 Å². The van der Waals surface area contributed by atoms with Crippen LogP contribution in [0.25, 0.3) is 16.9 Å². The number of benzene rings is 1. The maximum atomic E-state index is 8.82. The first-order chi connectivity index (χ1) is 14.1. The Hall–Kier alpha value is -3.41. The molecule has 8 nitrogen and oxygen atoms in total. The largest absolute Gasteiger partial charge is 0.368 e. The normalized spacial score (nSPS) is 10.7. The van der Waals surface area contributed by atoms with Gasteiger partial charge in [0.1, 0.15) is 18.2 Å². The molecule has 0 aliphatic rings. The Morgan fingerprint density at radius 2 is 1.93 bits per heavy atom. The zero-order chi connectivity index (χ0) is 20.2. The summed E-state index contributed by atoms with van der Waals surface area (Å²) < 4.78 is 1.64. The minimum Gasteiger partial charge on any atom is -0.368 e. The van der Waals surface area contributed by atoms with Gasteiger partial charge in [-0.05, 0) is 30.3 Å². The molecule has 0 atom stereocenters. The molecule has 0 bridgehead atoms. The number of hydrogen-bond acceptors (Lipinski definition) is 7. The third kappa shape index (κ3) is 4.21.